The minimum Gasteiger partial charge on any atom is -0.493 e. The molecule has 2 aromatic carbocycles. The number of carbonyl (C=O) groups is 3. The van der Waals surface area contributed by atoms with Crippen molar-refractivity contribution in [2.24, 2.45) is 0 Å². The van der Waals surface area contributed by atoms with E-state index in [9.17, 15) is 19.5 Å². The quantitative estimate of drug-likeness (QED) is 0.250. The minimum absolute atomic E-state index is 0. The molecule has 1 heterocycles. The average Bonchev–Trinajstić information content (AvgIpc) is 3.85. The second-order valence-electron chi connectivity index (χ2n) is 12.0. The van der Waals surface area contributed by atoms with Gasteiger partial charge in [0.15, 0.2) is 11.5 Å². The molecule has 0 bridgehead atoms. The first-order chi connectivity index (χ1) is 21.2. The van der Waals surface area contributed by atoms with Gasteiger partial charge in [0.05, 0.1) is 25.7 Å². The third-order valence-corrected chi connectivity index (χ3v) is 8.39. The number of nitrogens with one attached hydrogen (secondary N) is 1. The van der Waals surface area contributed by atoms with Crippen LogP contribution in [0, 0.1) is 0 Å². The van der Waals surface area contributed by atoms with Crippen LogP contribution in [0.4, 0.5) is 0 Å². The number of carbonyl (C=O) groups excluding carboxylic acids is 2. The van der Waals surface area contributed by atoms with Gasteiger partial charge in [-0.1, -0.05) is 12.1 Å². The van der Waals surface area contributed by atoms with E-state index in [2.05, 4.69) is 5.32 Å². The van der Waals surface area contributed by atoms with Crippen LogP contribution >= 0.6 is 12.4 Å². The molecule has 0 radical (unpaired) electrons. The molecule has 0 spiro atoms. The van der Waals surface area contributed by atoms with Gasteiger partial charge < -0.3 is 34.4 Å². The summed E-state index contributed by atoms with van der Waals surface area (Å²) in [6, 6.07) is 12.6. The number of methoxy groups -OCH3 is 2. The zero-order chi connectivity index (χ0) is 31.6. The number of amides is 2. The number of benzene rings is 2. The molecule has 2 amide bonds. The van der Waals surface area contributed by atoms with E-state index < -0.39 is 5.97 Å². The second-order valence-corrected chi connectivity index (χ2v) is 12.0. The molecule has 1 saturated heterocycles. The monoisotopic (exact) mass is 645 g/mol. The molecule has 2 aliphatic rings. The van der Waals surface area contributed by atoms with Crippen LogP contribution in [0.25, 0.3) is 0 Å². The van der Waals surface area contributed by atoms with Crippen LogP contribution in [-0.4, -0.2) is 97.4 Å². The standard InChI is InChI=1S/C34H47N3O7.ClH/c1-23(2)37(33(39)25-9-14-30(43-4)31(21-25)44-18-6-17-42-3)29-11-10-27(35-22-29)15-16-36(28-12-13-28)32(38)20-24-7-5-8-26(19-24)34(40)41;/h5,7-9,14,19,21,23,27-29,35H,6,10-13,15-18,20,22H2,1-4H3,(H,40,41);1H/t27-,29-;/m1./s1. The Labute approximate surface area is 272 Å². The molecule has 2 atom stereocenters. The Morgan fingerprint density at radius 3 is 2.33 bits per heavy atom. The molecule has 10 nitrogen and oxygen atoms in total. The smallest absolute Gasteiger partial charge is 0.335 e. The summed E-state index contributed by atoms with van der Waals surface area (Å²) in [6.45, 7) is 6.49. The zero-order valence-corrected chi connectivity index (χ0v) is 27.6. The number of halogens is 1. The average molecular weight is 646 g/mol. The van der Waals surface area contributed by atoms with E-state index in [4.69, 9.17) is 14.2 Å². The van der Waals surface area contributed by atoms with Crippen molar-refractivity contribution in [1.29, 1.82) is 0 Å². The number of carboxylic acids is 1. The maximum atomic E-state index is 13.8. The number of ether oxygens (including phenoxy) is 3. The summed E-state index contributed by atoms with van der Waals surface area (Å²) < 4.78 is 16.5. The van der Waals surface area contributed by atoms with E-state index >= 15 is 0 Å². The Hall–Kier alpha value is -3.34. The molecule has 1 saturated carbocycles. The summed E-state index contributed by atoms with van der Waals surface area (Å²) in [6.07, 6.45) is 5.58. The summed E-state index contributed by atoms with van der Waals surface area (Å²) in [5, 5.41) is 12.9. The summed E-state index contributed by atoms with van der Waals surface area (Å²) >= 11 is 0. The Bertz CT molecular complexity index is 1280. The van der Waals surface area contributed by atoms with Gasteiger partial charge >= 0.3 is 5.97 Å². The molecule has 11 heteroatoms. The molecule has 2 N–H and O–H groups in total. The normalized spacial score (nSPS) is 17.7. The van der Waals surface area contributed by atoms with Crippen LogP contribution in [-0.2, 0) is 16.0 Å². The Morgan fingerprint density at radius 1 is 0.956 bits per heavy atom. The fourth-order valence-electron chi connectivity index (χ4n) is 5.95. The zero-order valence-electron chi connectivity index (χ0n) is 26.8. The molecule has 4 rings (SSSR count). The van der Waals surface area contributed by atoms with Crippen molar-refractivity contribution in [1.82, 2.24) is 15.1 Å². The van der Waals surface area contributed by atoms with Crippen LogP contribution in [0.2, 0.25) is 0 Å². The molecule has 248 valence electrons. The van der Waals surface area contributed by atoms with Crippen molar-refractivity contribution in [3.05, 3.63) is 59.2 Å². The highest BCUT2D eigenvalue weighted by Gasteiger charge is 2.35. The van der Waals surface area contributed by atoms with Crippen LogP contribution in [0.15, 0.2) is 42.5 Å². The third-order valence-electron chi connectivity index (χ3n) is 8.39. The van der Waals surface area contributed by atoms with Crippen LogP contribution < -0.4 is 14.8 Å². The highest BCUT2D eigenvalue weighted by Crippen LogP contribution is 2.31. The van der Waals surface area contributed by atoms with Gasteiger partial charge in [0.25, 0.3) is 5.91 Å². The summed E-state index contributed by atoms with van der Waals surface area (Å²) in [5.41, 5.74) is 1.48. The maximum absolute atomic E-state index is 13.8. The van der Waals surface area contributed by atoms with E-state index in [1.165, 1.54) is 0 Å². The summed E-state index contributed by atoms with van der Waals surface area (Å²) in [7, 11) is 3.24. The van der Waals surface area contributed by atoms with Gasteiger partial charge in [0.1, 0.15) is 0 Å². The molecule has 1 aliphatic heterocycles. The van der Waals surface area contributed by atoms with Crippen molar-refractivity contribution in [2.75, 3.05) is 40.5 Å². The van der Waals surface area contributed by atoms with Crippen molar-refractivity contribution in [3.8, 4) is 11.5 Å². The highest BCUT2D eigenvalue weighted by molar-refractivity contribution is 5.95. The van der Waals surface area contributed by atoms with E-state index in [0.29, 0.717) is 43.4 Å². The first-order valence-electron chi connectivity index (χ1n) is 15.7. The number of aromatic carboxylic acids is 1. The van der Waals surface area contributed by atoms with Gasteiger partial charge in [-0.15, -0.1) is 12.4 Å². The molecular weight excluding hydrogens is 598 g/mol. The number of nitrogens with zero attached hydrogens (tertiary/aromatic N) is 2. The Balaban J connectivity index is 0.00000552. The van der Waals surface area contributed by atoms with Crippen LogP contribution in [0.1, 0.15) is 78.7 Å². The number of hydrogen-bond acceptors (Lipinski definition) is 7. The topological polar surface area (TPSA) is 118 Å². The van der Waals surface area contributed by atoms with Gasteiger partial charge in [-0.2, -0.15) is 0 Å². The number of piperidine rings is 1. The highest BCUT2D eigenvalue weighted by atomic mass is 35.5. The van der Waals surface area contributed by atoms with Gasteiger partial charge in [0.2, 0.25) is 5.91 Å². The Morgan fingerprint density at radius 2 is 1.71 bits per heavy atom. The SMILES string of the molecule is COCCCOc1cc(C(=O)N(C(C)C)[C@@H]2CC[C@H](CCN(C(=O)Cc3cccc(C(=O)O)c3)C3CC3)NC2)ccc1OC.Cl. The summed E-state index contributed by atoms with van der Waals surface area (Å²) in [4.78, 5) is 42.3. The lowest BCUT2D eigenvalue weighted by atomic mass is 9.95. The van der Waals surface area contributed by atoms with E-state index in [1.54, 1.807) is 50.6 Å². The van der Waals surface area contributed by atoms with Crippen molar-refractivity contribution >= 4 is 30.2 Å². The van der Waals surface area contributed by atoms with E-state index in [-0.39, 0.29) is 60.4 Å². The van der Waals surface area contributed by atoms with Crippen molar-refractivity contribution in [2.45, 2.75) is 83.0 Å². The van der Waals surface area contributed by atoms with Gasteiger partial charge in [-0.05, 0) is 81.8 Å². The van der Waals surface area contributed by atoms with E-state index in [0.717, 1.165) is 44.1 Å². The molecule has 2 fully saturated rings. The lowest BCUT2D eigenvalue weighted by Crippen LogP contribution is -2.54. The summed E-state index contributed by atoms with van der Waals surface area (Å²) in [5.74, 6) is 0.150. The third kappa shape index (κ3) is 10.1. The number of carboxylic acid groups (broad SMARTS) is 1. The fraction of sp³-hybridized carbons (Fsp3) is 0.559. The fourth-order valence-corrected chi connectivity index (χ4v) is 5.95. The van der Waals surface area contributed by atoms with Gasteiger partial charge in [-0.3, -0.25) is 9.59 Å². The van der Waals surface area contributed by atoms with Crippen molar-refractivity contribution < 1.29 is 33.7 Å². The van der Waals surface area contributed by atoms with Gasteiger partial charge in [0, 0.05) is 63.0 Å². The van der Waals surface area contributed by atoms with Crippen LogP contribution in [0.5, 0.6) is 11.5 Å². The molecule has 0 aromatic heterocycles. The molecule has 1 aliphatic carbocycles. The molecular formula is C34H48ClN3O7. The maximum Gasteiger partial charge on any atom is 0.335 e. The number of rotatable bonds is 16. The predicted molar refractivity (Wildman–Crippen MR) is 175 cm³/mol. The predicted octanol–water partition coefficient (Wildman–Crippen LogP) is 4.83. The largest absolute Gasteiger partial charge is 0.493 e. The second kappa shape index (κ2) is 17.4. The minimum atomic E-state index is -0.991. The van der Waals surface area contributed by atoms with E-state index in [1.807, 2.05) is 29.7 Å². The first-order valence-corrected chi connectivity index (χ1v) is 15.7. The molecule has 0 unspecified atom stereocenters. The van der Waals surface area contributed by atoms with Crippen molar-refractivity contribution in [3.63, 3.8) is 0 Å². The molecule has 45 heavy (non-hydrogen) atoms. The van der Waals surface area contributed by atoms with Crippen LogP contribution in [0.3, 0.4) is 0 Å². The number of hydrogen-bond donors (Lipinski definition) is 2. The molecule has 2 aromatic rings. The lowest BCUT2D eigenvalue weighted by Gasteiger charge is -2.40. The van der Waals surface area contributed by atoms with Gasteiger partial charge in [-0.25, -0.2) is 4.79 Å². The lowest BCUT2D eigenvalue weighted by molar-refractivity contribution is -0.131. The Kier molecular flexibility index (Phi) is 14.0. The first kappa shape index (κ1) is 36.1.